The second-order valence-corrected chi connectivity index (χ2v) is 8.98. The van der Waals surface area contributed by atoms with Gasteiger partial charge in [-0.3, -0.25) is 5.10 Å². The molecule has 1 aromatic carbocycles. The number of sulfone groups is 1. The number of halogens is 2. The lowest BCUT2D eigenvalue weighted by Gasteiger charge is -2.19. The van der Waals surface area contributed by atoms with Crippen LogP contribution in [0.3, 0.4) is 0 Å². The molecule has 4 rings (SSSR count). The molecule has 0 amide bonds. The van der Waals surface area contributed by atoms with Crippen LogP contribution >= 0.6 is 0 Å². The van der Waals surface area contributed by atoms with E-state index >= 15 is 0 Å². The van der Waals surface area contributed by atoms with E-state index < -0.39 is 26.7 Å². The minimum atomic E-state index is -3.17. The Balaban J connectivity index is 1.56. The fraction of sp³-hybridized carbons (Fsp3) is 0.353. The predicted molar refractivity (Wildman–Crippen MR) is 98.0 cm³/mol. The van der Waals surface area contributed by atoms with Crippen LogP contribution in [-0.4, -0.2) is 46.1 Å². The van der Waals surface area contributed by atoms with Gasteiger partial charge in [-0.25, -0.2) is 22.2 Å². The van der Waals surface area contributed by atoms with Crippen molar-refractivity contribution in [1.82, 2.24) is 20.2 Å². The van der Waals surface area contributed by atoms with E-state index in [0.717, 1.165) is 25.0 Å². The molecule has 1 saturated carbocycles. The highest BCUT2D eigenvalue weighted by atomic mass is 32.2. The highest BCUT2D eigenvalue weighted by Crippen LogP contribution is 2.30. The van der Waals surface area contributed by atoms with E-state index in [1.165, 1.54) is 12.5 Å². The molecule has 0 spiro atoms. The Morgan fingerprint density at radius 3 is 2.86 bits per heavy atom. The lowest BCUT2D eigenvalue weighted by atomic mass is 10.2. The molecule has 2 aromatic heterocycles. The summed E-state index contributed by atoms with van der Waals surface area (Å²) in [6.45, 7) is 0. The summed E-state index contributed by atoms with van der Waals surface area (Å²) in [5.41, 5.74) is 0.337. The molecule has 0 bridgehead atoms. The van der Waals surface area contributed by atoms with Gasteiger partial charge in [-0.2, -0.15) is 10.1 Å². The van der Waals surface area contributed by atoms with Crippen molar-refractivity contribution in [2.24, 2.45) is 0 Å². The van der Waals surface area contributed by atoms with Gasteiger partial charge in [0.2, 0.25) is 0 Å². The van der Waals surface area contributed by atoms with E-state index in [-0.39, 0.29) is 17.8 Å². The normalized spacial score (nSPS) is 19.8. The molecule has 8 nitrogen and oxygen atoms in total. The van der Waals surface area contributed by atoms with Crippen LogP contribution in [0.15, 0.2) is 24.4 Å². The van der Waals surface area contributed by atoms with Crippen molar-refractivity contribution in [3.05, 3.63) is 36.0 Å². The zero-order chi connectivity index (χ0) is 19.9. The van der Waals surface area contributed by atoms with Gasteiger partial charge in [0.15, 0.2) is 32.9 Å². The first-order valence-electron chi connectivity index (χ1n) is 8.60. The molecule has 0 aliphatic heterocycles. The summed E-state index contributed by atoms with van der Waals surface area (Å²) < 4.78 is 55.8. The van der Waals surface area contributed by atoms with Gasteiger partial charge in [0.1, 0.15) is 5.82 Å². The molecule has 2 N–H and O–H groups in total. The molecule has 2 atom stereocenters. The molecule has 11 heteroatoms. The largest absolute Gasteiger partial charge is 0.421 e. The summed E-state index contributed by atoms with van der Waals surface area (Å²) in [5, 5.41) is 10.1. The number of rotatable bonds is 5. The van der Waals surface area contributed by atoms with E-state index in [0.29, 0.717) is 29.3 Å². The molecule has 0 unspecified atom stereocenters. The highest BCUT2D eigenvalue weighted by molar-refractivity contribution is 7.91. The Morgan fingerprint density at radius 1 is 1.29 bits per heavy atom. The Morgan fingerprint density at radius 2 is 2.11 bits per heavy atom. The number of hydrogen-bond acceptors (Lipinski definition) is 7. The van der Waals surface area contributed by atoms with E-state index in [4.69, 9.17) is 4.74 Å². The van der Waals surface area contributed by atoms with Gasteiger partial charge >= 0.3 is 6.01 Å². The van der Waals surface area contributed by atoms with Crippen molar-refractivity contribution < 1.29 is 21.9 Å². The second kappa shape index (κ2) is 6.97. The first kappa shape index (κ1) is 18.5. The molecule has 148 valence electrons. The van der Waals surface area contributed by atoms with Crippen molar-refractivity contribution in [3.63, 3.8) is 0 Å². The highest BCUT2D eigenvalue weighted by Gasteiger charge is 2.35. The minimum absolute atomic E-state index is 0.136. The number of nitrogens with one attached hydrogen (secondary N) is 2. The van der Waals surface area contributed by atoms with Crippen LogP contribution in [0.1, 0.15) is 19.3 Å². The Hall–Kier alpha value is -2.82. The van der Waals surface area contributed by atoms with Gasteiger partial charge in [0, 0.05) is 24.6 Å². The van der Waals surface area contributed by atoms with Gasteiger partial charge in [-0.05, 0) is 31.4 Å². The third-order valence-corrected chi connectivity index (χ3v) is 6.38. The maximum atomic E-state index is 13.7. The summed E-state index contributed by atoms with van der Waals surface area (Å²) in [6.07, 6.45) is 4.82. The van der Waals surface area contributed by atoms with Gasteiger partial charge < -0.3 is 10.1 Å². The van der Waals surface area contributed by atoms with Crippen molar-refractivity contribution in [1.29, 1.82) is 0 Å². The molecule has 28 heavy (non-hydrogen) atoms. The first-order valence-corrected chi connectivity index (χ1v) is 10.6. The number of fused-ring (bicyclic) bond motifs is 1. The van der Waals surface area contributed by atoms with Gasteiger partial charge in [0.05, 0.1) is 10.6 Å². The van der Waals surface area contributed by atoms with Crippen molar-refractivity contribution >= 4 is 26.7 Å². The summed E-state index contributed by atoms with van der Waals surface area (Å²) in [4.78, 5) is 8.16. The summed E-state index contributed by atoms with van der Waals surface area (Å²) in [6, 6.07) is 2.53. The number of nitrogens with zero attached hydrogens (tertiary/aromatic N) is 3. The number of aromatic amines is 1. The van der Waals surface area contributed by atoms with Crippen molar-refractivity contribution in [2.45, 2.75) is 30.6 Å². The number of H-pyrrole nitrogens is 1. The molecule has 2 heterocycles. The average molecular weight is 409 g/mol. The number of anilines is 1. The molecule has 1 aliphatic carbocycles. The van der Waals surface area contributed by atoms with Crippen molar-refractivity contribution in [3.8, 4) is 11.8 Å². The van der Waals surface area contributed by atoms with E-state index in [1.54, 1.807) is 0 Å². The summed E-state index contributed by atoms with van der Waals surface area (Å²) >= 11 is 0. The molecule has 3 aromatic rings. The quantitative estimate of drug-likeness (QED) is 0.667. The smallest absolute Gasteiger partial charge is 0.324 e. The van der Waals surface area contributed by atoms with Crippen molar-refractivity contribution in [2.75, 3.05) is 11.6 Å². The number of ether oxygens (including phenoxy) is 1. The van der Waals surface area contributed by atoms with Crippen LogP contribution < -0.4 is 10.1 Å². The standard InChI is InChI=1S/C17H17F2N5O3S/c1-28(25,26)14-4-2-3-12(14)21-15-10-8-20-17(22-16(10)24-23-15)27-13-6-5-9(18)7-11(13)19/h5-8,12,14H,2-4H2,1H3,(H2,20,21,22,23,24)/t12-,14-/m0/s1. The third kappa shape index (κ3) is 3.61. The third-order valence-electron chi connectivity index (χ3n) is 4.72. The average Bonchev–Trinajstić information content (AvgIpc) is 3.25. The van der Waals surface area contributed by atoms with Crippen LogP contribution in [0.25, 0.3) is 11.0 Å². The molecule has 1 aliphatic rings. The van der Waals surface area contributed by atoms with Gasteiger partial charge in [0.25, 0.3) is 0 Å². The van der Waals surface area contributed by atoms with Crippen LogP contribution in [0.4, 0.5) is 14.6 Å². The SMILES string of the molecule is CS(=O)(=O)[C@H]1CCC[C@@H]1Nc1n[nH]c2nc(Oc3ccc(F)cc3F)ncc12. The lowest BCUT2D eigenvalue weighted by molar-refractivity contribution is 0.409. The number of benzene rings is 1. The summed E-state index contributed by atoms with van der Waals surface area (Å²) in [7, 11) is -3.17. The topological polar surface area (TPSA) is 110 Å². The van der Waals surface area contributed by atoms with E-state index in [1.807, 2.05) is 0 Å². The zero-order valence-electron chi connectivity index (χ0n) is 14.8. The lowest BCUT2D eigenvalue weighted by Crippen LogP contribution is -2.34. The maximum absolute atomic E-state index is 13.7. The first-order chi connectivity index (χ1) is 13.3. The van der Waals surface area contributed by atoms with E-state index in [2.05, 4.69) is 25.5 Å². The predicted octanol–water partition coefficient (Wildman–Crippen LogP) is 2.80. The minimum Gasteiger partial charge on any atom is -0.421 e. The second-order valence-electron chi connectivity index (χ2n) is 6.71. The Kier molecular flexibility index (Phi) is 4.61. The Bertz CT molecular complexity index is 1140. The molecule has 1 fully saturated rings. The molecular formula is C17H17F2N5O3S. The zero-order valence-corrected chi connectivity index (χ0v) is 15.6. The van der Waals surface area contributed by atoms with Crippen LogP contribution in [0.5, 0.6) is 11.8 Å². The summed E-state index contributed by atoms with van der Waals surface area (Å²) in [5.74, 6) is -1.36. The van der Waals surface area contributed by atoms with Gasteiger partial charge in [-0.15, -0.1) is 0 Å². The maximum Gasteiger partial charge on any atom is 0.324 e. The van der Waals surface area contributed by atoms with Crippen LogP contribution in [0.2, 0.25) is 0 Å². The fourth-order valence-electron chi connectivity index (χ4n) is 3.39. The fourth-order valence-corrected chi connectivity index (χ4v) is 4.78. The molecular weight excluding hydrogens is 392 g/mol. The van der Waals surface area contributed by atoms with Crippen LogP contribution in [0, 0.1) is 11.6 Å². The monoisotopic (exact) mass is 409 g/mol. The number of aromatic nitrogens is 4. The molecule has 0 saturated heterocycles. The Labute approximate surface area is 159 Å². The van der Waals surface area contributed by atoms with Crippen LogP contribution in [-0.2, 0) is 9.84 Å². The molecule has 0 radical (unpaired) electrons. The number of hydrogen-bond donors (Lipinski definition) is 2. The van der Waals surface area contributed by atoms with Gasteiger partial charge in [-0.1, -0.05) is 0 Å². The van der Waals surface area contributed by atoms with E-state index in [9.17, 15) is 17.2 Å².